The second-order valence-corrected chi connectivity index (χ2v) is 7.80. The van der Waals surface area contributed by atoms with E-state index in [1.807, 2.05) is 37.4 Å². The largest absolute Gasteiger partial charge is 0.355 e. The van der Waals surface area contributed by atoms with Crippen molar-refractivity contribution in [2.45, 2.75) is 19.8 Å². The molecule has 1 N–H and O–H groups in total. The minimum Gasteiger partial charge on any atom is -0.355 e. The highest BCUT2D eigenvalue weighted by Gasteiger charge is 2.32. The van der Waals surface area contributed by atoms with Gasteiger partial charge in [-0.2, -0.15) is 5.10 Å². The van der Waals surface area contributed by atoms with Crippen molar-refractivity contribution in [1.29, 1.82) is 0 Å². The zero-order chi connectivity index (χ0) is 20.4. The SMILES string of the molecule is Cc1cnc2c(C(=O)N3CCC(C(=O)NCCc4ccc(Cl)cc4)C3)cnn2c1. The van der Waals surface area contributed by atoms with Crippen molar-refractivity contribution in [3.63, 3.8) is 0 Å². The molecule has 4 rings (SSSR count). The number of carbonyl (C=O) groups is 2. The highest BCUT2D eigenvalue weighted by atomic mass is 35.5. The molecule has 7 nitrogen and oxygen atoms in total. The fourth-order valence-electron chi connectivity index (χ4n) is 3.57. The van der Waals surface area contributed by atoms with Gasteiger partial charge in [0.25, 0.3) is 5.91 Å². The molecule has 1 aromatic carbocycles. The molecule has 0 aliphatic carbocycles. The molecule has 1 unspecified atom stereocenters. The Morgan fingerprint density at radius 1 is 1.24 bits per heavy atom. The van der Waals surface area contributed by atoms with E-state index in [1.54, 1.807) is 21.8 Å². The Kier molecular flexibility index (Phi) is 5.49. The summed E-state index contributed by atoms with van der Waals surface area (Å²) in [5, 5.41) is 7.90. The third-order valence-corrected chi connectivity index (χ3v) is 5.44. The van der Waals surface area contributed by atoms with Crippen molar-refractivity contribution in [2.75, 3.05) is 19.6 Å². The number of likely N-dealkylation sites (tertiary alicyclic amines) is 1. The first-order valence-electron chi connectivity index (χ1n) is 9.62. The lowest BCUT2D eigenvalue weighted by atomic mass is 10.1. The molecule has 8 heteroatoms. The van der Waals surface area contributed by atoms with Gasteiger partial charge in [-0.05, 0) is 43.0 Å². The quantitative estimate of drug-likeness (QED) is 0.699. The third kappa shape index (κ3) is 4.24. The third-order valence-electron chi connectivity index (χ3n) is 5.19. The highest BCUT2D eigenvalue weighted by molar-refractivity contribution is 6.30. The molecule has 0 bridgehead atoms. The summed E-state index contributed by atoms with van der Waals surface area (Å²) in [6, 6.07) is 7.60. The number of aromatic nitrogens is 3. The maximum Gasteiger partial charge on any atom is 0.259 e. The molecule has 1 fully saturated rings. The molecular weight excluding hydrogens is 390 g/mol. The fraction of sp³-hybridized carbons (Fsp3) is 0.333. The molecule has 1 aliphatic rings. The van der Waals surface area contributed by atoms with Gasteiger partial charge < -0.3 is 10.2 Å². The van der Waals surface area contributed by atoms with Crippen molar-refractivity contribution >= 4 is 29.1 Å². The summed E-state index contributed by atoms with van der Waals surface area (Å²) in [7, 11) is 0. The van der Waals surface area contributed by atoms with Gasteiger partial charge in [0, 0.05) is 37.1 Å². The van der Waals surface area contributed by atoms with Crippen LogP contribution in [0, 0.1) is 12.8 Å². The number of nitrogens with zero attached hydrogens (tertiary/aromatic N) is 4. The van der Waals surface area contributed by atoms with E-state index in [1.165, 1.54) is 0 Å². The number of carbonyl (C=O) groups excluding carboxylic acids is 2. The average Bonchev–Trinajstić information content (AvgIpc) is 3.36. The fourth-order valence-corrected chi connectivity index (χ4v) is 3.70. The molecular formula is C21H22ClN5O2. The number of halogens is 1. The Morgan fingerprint density at radius 2 is 2.03 bits per heavy atom. The zero-order valence-corrected chi connectivity index (χ0v) is 16.9. The minimum absolute atomic E-state index is 0.0112. The van der Waals surface area contributed by atoms with Gasteiger partial charge in [-0.1, -0.05) is 23.7 Å². The Morgan fingerprint density at radius 3 is 2.83 bits per heavy atom. The van der Waals surface area contributed by atoms with Crippen LogP contribution in [-0.4, -0.2) is 50.9 Å². The topological polar surface area (TPSA) is 79.6 Å². The summed E-state index contributed by atoms with van der Waals surface area (Å²) in [6.07, 6.45) is 6.49. The smallest absolute Gasteiger partial charge is 0.259 e. The average molecular weight is 412 g/mol. The standard InChI is InChI=1S/C21H22ClN5O2/c1-14-10-24-19-18(11-25-27(19)12-14)21(29)26-9-7-16(13-26)20(28)23-8-6-15-2-4-17(22)5-3-15/h2-5,10-12,16H,6-9,13H2,1H3,(H,23,28). The number of hydrogen-bond donors (Lipinski definition) is 1. The Labute approximate surface area is 173 Å². The van der Waals surface area contributed by atoms with Gasteiger partial charge in [-0.15, -0.1) is 0 Å². The van der Waals surface area contributed by atoms with Gasteiger partial charge in [0.1, 0.15) is 5.56 Å². The van der Waals surface area contributed by atoms with Crippen LogP contribution in [-0.2, 0) is 11.2 Å². The summed E-state index contributed by atoms with van der Waals surface area (Å²) in [4.78, 5) is 31.4. The van der Waals surface area contributed by atoms with Crippen LogP contribution in [0.4, 0.5) is 0 Å². The van der Waals surface area contributed by atoms with E-state index >= 15 is 0 Å². The lowest BCUT2D eigenvalue weighted by Gasteiger charge is -2.16. The van der Waals surface area contributed by atoms with Crippen LogP contribution in [0.2, 0.25) is 5.02 Å². The van der Waals surface area contributed by atoms with E-state index in [0.717, 1.165) is 17.5 Å². The predicted molar refractivity (Wildman–Crippen MR) is 110 cm³/mol. The molecule has 0 spiro atoms. The Hall–Kier alpha value is -2.93. The molecule has 29 heavy (non-hydrogen) atoms. The van der Waals surface area contributed by atoms with Gasteiger partial charge in [0.2, 0.25) is 5.91 Å². The molecule has 2 amide bonds. The number of benzene rings is 1. The van der Waals surface area contributed by atoms with Crippen LogP contribution in [0.15, 0.2) is 42.9 Å². The first-order chi connectivity index (χ1) is 14.0. The Bertz CT molecular complexity index is 1050. The number of nitrogens with one attached hydrogen (secondary N) is 1. The lowest BCUT2D eigenvalue weighted by Crippen LogP contribution is -2.35. The van der Waals surface area contributed by atoms with Crippen LogP contribution in [0.5, 0.6) is 0 Å². The Balaban J connectivity index is 1.32. The van der Waals surface area contributed by atoms with Crippen molar-refractivity contribution in [1.82, 2.24) is 24.8 Å². The zero-order valence-electron chi connectivity index (χ0n) is 16.1. The first-order valence-corrected chi connectivity index (χ1v) is 10.0. The van der Waals surface area contributed by atoms with Gasteiger partial charge in [0.15, 0.2) is 5.65 Å². The number of rotatable bonds is 5. The number of amides is 2. The minimum atomic E-state index is -0.193. The molecule has 1 atom stereocenters. The van der Waals surface area contributed by atoms with Crippen LogP contribution in [0.25, 0.3) is 5.65 Å². The normalized spacial score (nSPS) is 16.3. The second kappa shape index (κ2) is 8.21. The molecule has 3 aromatic rings. The molecule has 1 saturated heterocycles. The van der Waals surface area contributed by atoms with E-state index in [9.17, 15) is 9.59 Å². The maximum absolute atomic E-state index is 12.9. The molecule has 0 radical (unpaired) electrons. The molecule has 150 valence electrons. The van der Waals surface area contributed by atoms with Gasteiger partial charge in [-0.25, -0.2) is 9.50 Å². The van der Waals surface area contributed by atoms with Gasteiger partial charge in [0.05, 0.1) is 12.1 Å². The summed E-state index contributed by atoms with van der Waals surface area (Å²) >= 11 is 5.89. The summed E-state index contributed by atoms with van der Waals surface area (Å²) < 4.78 is 1.61. The number of aryl methyl sites for hydroxylation is 1. The van der Waals surface area contributed by atoms with Crippen molar-refractivity contribution in [3.05, 3.63) is 64.6 Å². The number of fused-ring (bicyclic) bond motifs is 1. The maximum atomic E-state index is 12.9. The van der Waals surface area contributed by atoms with Gasteiger partial charge in [-0.3, -0.25) is 9.59 Å². The summed E-state index contributed by atoms with van der Waals surface area (Å²) in [5.41, 5.74) is 3.09. The first kappa shape index (κ1) is 19.4. The van der Waals surface area contributed by atoms with Gasteiger partial charge >= 0.3 is 0 Å². The van der Waals surface area contributed by atoms with Crippen LogP contribution in [0.1, 0.15) is 27.9 Å². The molecule has 0 saturated carbocycles. The van der Waals surface area contributed by atoms with Crippen molar-refractivity contribution < 1.29 is 9.59 Å². The number of hydrogen-bond acceptors (Lipinski definition) is 4. The van der Waals surface area contributed by atoms with E-state index < -0.39 is 0 Å². The van der Waals surface area contributed by atoms with Crippen LogP contribution in [0.3, 0.4) is 0 Å². The molecule has 1 aliphatic heterocycles. The summed E-state index contributed by atoms with van der Waals surface area (Å²) in [6.45, 7) is 3.45. The van der Waals surface area contributed by atoms with Crippen molar-refractivity contribution in [3.8, 4) is 0 Å². The van der Waals surface area contributed by atoms with E-state index in [0.29, 0.717) is 42.3 Å². The lowest BCUT2D eigenvalue weighted by molar-refractivity contribution is -0.124. The molecule has 2 aromatic heterocycles. The van der Waals surface area contributed by atoms with E-state index in [2.05, 4.69) is 15.4 Å². The monoisotopic (exact) mass is 411 g/mol. The van der Waals surface area contributed by atoms with Crippen molar-refractivity contribution in [2.24, 2.45) is 5.92 Å². The predicted octanol–water partition coefficient (Wildman–Crippen LogP) is 2.51. The van der Waals surface area contributed by atoms with E-state index in [-0.39, 0.29) is 17.7 Å². The van der Waals surface area contributed by atoms with E-state index in [4.69, 9.17) is 11.6 Å². The summed E-state index contributed by atoms with van der Waals surface area (Å²) in [5.74, 6) is -0.336. The second-order valence-electron chi connectivity index (χ2n) is 7.36. The highest BCUT2D eigenvalue weighted by Crippen LogP contribution is 2.20. The van der Waals surface area contributed by atoms with Crippen LogP contribution < -0.4 is 5.32 Å². The van der Waals surface area contributed by atoms with Crippen LogP contribution >= 0.6 is 11.6 Å². The molecule has 3 heterocycles.